The molecule has 1 rings (SSSR count). The number of hydrogen-bond acceptors (Lipinski definition) is 3. The molecule has 0 saturated carbocycles. The van der Waals surface area contributed by atoms with Crippen molar-refractivity contribution in [3.63, 3.8) is 0 Å². The molecule has 0 atom stereocenters. The Balaban J connectivity index is 1.91. The van der Waals surface area contributed by atoms with Gasteiger partial charge in [-0.1, -0.05) is 19.8 Å². The average Bonchev–Trinajstić information content (AvgIpc) is 2.14. The van der Waals surface area contributed by atoms with Crippen LogP contribution in [-0.4, -0.2) is 26.3 Å². The van der Waals surface area contributed by atoms with Crippen molar-refractivity contribution in [2.45, 2.75) is 39.1 Å². The van der Waals surface area contributed by atoms with E-state index in [0.717, 1.165) is 32.7 Å². The van der Waals surface area contributed by atoms with Crippen LogP contribution in [-0.2, 0) is 14.2 Å². The zero-order valence-corrected chi connectivity index (χ0v) is 7.75. The number of rotatable bonds is 5. The lowest BCUT2D eigenvalue weighted by molar-refractivity contribution is -0.310. The molecule has 0 radical (unpaired) electrons. The van der Waals surface area contributed by atoms with E-state index < -0.39 is 6.48 Å². The highest BCUT2D eigenvalue weighted by Crippen LogP contribution is 2.06. The Morgan fingerprint density at radius 2 is 2.00 bits per heavy atom. The molecule has 0 aromatic rings. The predicted molar refractivity (Wildman–Crippen MR) is 45.8 cm³/mol. The Hall–Kier alpha value is -0.120. The third kappa shape index (κ3) is 4.04. The Morgan fingerprint density at radius 3 is 2.67 bits per heavy atom. The molecular weight excluding hydrogens is 156 g/mol. The van der Waals surface area contributed by atoms with E-state index in [2.05, 4.69) is 6.92 Å². The summed E-state index contributed by atoms with van der Waals surface area (Å²) in [5.41, 5.74) is 0. The fourth-order valence-electron chi connectivity index (χ4n) is 1.09. The number of unbranched alkanes of at least 4 members (excludes halogenated alkanes) is 2. The third-order valence-electron chi connectivity index (χ3n) is 1.80. The van der Waals surface area contributed by atoms with Gasteiger partial charge in [-0.15, -0.1) is 0 Å². The monoisotopic (exact) mass is 174 g/mol. The minimum Gasteiger partial charge on any atom is -0.330 e. The van der Waals surface area contributed by atoms with Crippen molar-refractivity contribution < 1.29 is 14.2 Å². The minimum atomic E-state index is -0.393. The van der Waals surface area contributed by atoms with Gasteiger partial charge in [-0.2, -0.15) is 0 Å². The third-order valence-corrected chi connectivity index (χ3v) is 1.80. The smallest absolute Gasteiger partial charge is 0.271 e. The van der Waals surface area contributed by atoms with Crippen LogP contribution in [0.4, 0.5) is 0 Å². The molecule has 0 spiro atoms. The van der Waals surface area contributed by atoms with Gasteiger partial charge in [0.2, 0.25) is 0 Å². The molecule has 12 heavy (non-hydrogen) atoms. The van der Waals surface area contributed by atoms with Crippen molar-refractivity contribution in [1.82, 2.24) is 0 Å². The summed E-state index contributed by atoms with van der Waals surface area (Å²) < 4.78 is 15.8. The van der Waals surface area contributed by atoms with E-state index in [9.17, 15) is 0 Å². The Bertz CT molecular complexity index is 99.9. The molecule has 0 aromatic heterocycles. The lowest BCUT2D eigenvalue weighted by atomic mass is 10.3. The molecule has 0 bridgehead atoms. The fourth-order valence-corrected chi connectivity index (χ4v) is 1.09. The van der Waals surface area contributed by atoms with E-state index in [-0.39, 0.29) is 0 Å². The molecule has 3 heteroatoms. The maximum atomic E-state index is 5.34. The normalized spacial score (nSPS) is 19.8. The van der Waals surface area contributed by atoms with Gasteiger partial charge in [0.1, 0.15) is 0 Å². The molecule has 0 unspecified atom stereocenters. The zero-order chi connectivity index (χ0) is 8.65. The summed E-state index contributed by atoms with van der Waals surface area (Å²) in [6, 6.07) is 0. The van der Waals surface area contributed by atoms with Gasteiger partial charge in [-0.05, 0) is 12.8 Å². The lowest BCUT2D eigenvalue weighted by Crippen LogP contribution is -2.27. The topological polar surface area (TPSA) is 27.7 Å². The van der Waals surface area contributed by atoms with E-state index >= 15 is 0 Å². The van der Waals surface area contributed by atoms with Crippen LogP contribution in [0.2, 0.25) is 0 Å². The van der Waals surface area contributed by atoms with Gasteiger partial charge in [-0.3, -0.25) is 0 Å². The molecule has 0 N–H and O–H groups in total. The van der Waals surface area contributed by atoms with Gasteiger partial charge in [0.25, 0.3) is 6.48 Å². The first-order chi connectivity index (χ1) is 5.93. The molecule has 3 nitrogen and oxygen atoms in total. The van der Waals surface area contributed by atoms with Gasteiger partial charge < -0.3 is 14.2 Å². The van der Waals surface area contributed by atoms with E-state index in [1.807, 2.05) is 0 Å². The van der Waals surface area contributed by atoms with Gasteiger partial charge in [-0.25, -0.2) is 0 Å². The second kappa shape index (κ2) is 6.40. The molecule has 1 aliphatic heterocycles. The Kier molecular flexibility index (Phi) is 5.32. The van der Waals surface area contributed by atoms with Crippen LogP contribution < -0.4 is 0 Å². The van der Waals surface area contributed by atoms with E-state index in [0.29, 0.717) is 0 Å². The number of hydrogen-bond donors (Lipinski definition) is 0. The van der Waals surface area contributed by atoms with Crippen molar-refractivity contribution in [3.8, 4) is 0 Å². The van der Waals surface area contributed by atoms with Crippen molar-refractivity contribution in [1.29, 1.82) is 0 Å². The quantitative estimate of drug-likeness (QED) is 0.596. The maximum Gasteiger partial charge on any atom is 0.271 e. The first-order valence-electron chi connectivity index (χ1n) is 4.78. The van der Waals surface area contributed by atoms with E-state index in [4.69, 9.17) is 14.2 Å². The Labute approximate surface area is 74.0 Å². The SMILES string of the molecule is CCCCCOC1OCCCO1. The second-order valence-electron chi connectivity index (χ2n) is 2.96. The van der Waals surface area contributed by atoms with Crippen LogP contribution in [0.3, 0.4) is 0 Å². The standard InChI is InChI=1S/C9H18O3/c1-2-3-4-6-10-9-11-7-5-8-12-9/h9H,2-8H2,1H3. The van der Waals surface area contributed by atoms with Crippen LogP contribution in [0, 0.1) is 0 Å². The zero-order valence-electron chi connectivity index (χ0n) is 7.75. The lowest BCUT2D eigenvalue weighted by Gasteiger charge is -2.22. The summed E-state index contributed by atoms with van der Waals surface area (Å²) in [6.45, 7) is 4.05. The van der Waals surface area contributed by atoms with Gasteiger partial charge in [0, 0.05) is 0 Å². The molecular formula is C9H18O3. The molecule has 1 aliphatic rings. The highest BCUT2D eigenvalue weighted by Gasteiger charge is 2.13. The van der Waals surface area contributed by atoms with Crippen LogP contribution >= 0.6 is 0 Å². The molecule has 0 amide bonds. The average molecular weight is 174 g/mol. The summed E-state index contributed by atoms with van der Waals surface area (Å²) in [6.07, 6.45) is 4.51. The van der Waals surface area contributed by atoms with E-state index in [1.54, 1.807) is 0 Å². The van der Waals surface area contributed by atoms with Crippen LogP contribution in [0.25, 0.3) is 0 Å². The van der Waals surface area contributed by atoms with Crippen molar-refractivity contribution in [2.75, 3.05) is 19.8 Å². The largest absolute Gasteiger partial charge is 0.330 e. The van der Waals surface area contributed by atoms with Gasteiger partial charge in [0.15, 0.2) is 0 Å². The van der Waals surface area contributed by atoms with Crippen molar-refractivity contribution >= 4 is 0 Å². The van der Waals surface area contributed by atoms with Gasteiger partial charge in [0.05, 0.1) is 19.8 Å². The van der Waals surface area contributed by atoms with Crippen molar-refractivity contribution in [3.05, 3.63) is 0 Å². The first-order valence-corrected chi connectivity index (χ1v) is 4.78. The molecule has 72 valence electrons. The molecule has 1 heterocycles. The fraction of sp³-hybridized carbons (Fsp3) is 1.00. The summed E-state index contributed by atoms with van der Waals surface area (Å²) in [7, 11) is 0. The Morgan fingerprint density at radius 1 is 1.25 bits per heavy atom. The summed E-state index contributed by atoms with van der Waals surface area (Å²) in [5.74, 6) is 0. The van der Waals surface area contributed by atoms with Gasteiger partial charge >= 0.3 is 0 Å². The van der Waals surface area contributed by atoms with Crippen LogP contribution in [0.1, 0.15) is 32.6 Å². The van der Waals surface area contributed by atoms with Crippen molar-refractivity contribution in [2.24, 2.45) is 0 Å². The second-order valence-corrected chi connectivity index (χ2v) is 2.96. The maximum absolute atomic E-state index is 5.34. The summed E-state index contributed by atoms with van der Waals surface area (Å²) in [5, 5.41) is 0. The van der Waals surface area contributed by atoms with Crippen LogP contribution in [0.15, 0.2) is 0 Å². The predicted octanol–water partition coefficient (Wildman–Crippen LogP) is 1.91. The summed E-state index contributed by atoms with van der Waals surface area (Å²) in [4.78, 5) is 0. The van der Waals surface area contributed by atoms with Crippen LogP contribution in [0.5, 0.6) is 0 Å². The number of ether oxygens (including phenoxy) is 3. The molecule has 1 fully saturated rings. The highest BCUT2D eigenvalue weighted by atomic mass is 16.8. The molecule has 0 aliphatic carbocycles. The molecule has 0 aromatic carbocycles. The first kappa shape index (κ1) is 9.96. The molecule has 1 saturated heterocycles. The van der Waals surface area contributed by atoms with E-state index in [1.165, 1.54) is 12.8 Å². The highest BCUT2D eigenvalue weighted by molar-refractivity contribution is 4.42. The minimum absolute atomic E-state index is 0.393. The summed E-state index contributed by atoms with van der Waals surface area (Å²) >= 11 is 0.